The highest BCUT2D eigenvalue weighted by Gasteiger charge is 2.23. The lowest BCUT2D eigenvalue weighted by Crippen LogP contribution is -2.08. The number of aromatic carboxylic acids is 1. The van der Waals surface area contributed by atoms with Gasteiger partial charge < -0.3 is 9.84 Å². The molecule has 0 aromatic carbocycles. The summed E-state index contributed by atoms with van der Waals surface area (Å²) in [5.41, 5.74) is -1.06. The summed E-state index contributed by atoms with van der Waals surface area (Å²) in [6.07, 6.45) is -2.87. The molecule has 0 aliphatic heterocycles. The number of ether oxygens (including phenoxy) is 1. The zero-order valence-corrected chi connectivity index (χ0v) is 9.66. The van der Waals surface area contributed by atoms with Crippen molar-refractivity contribution in [1.29, 1.82) is 0 Å². The van der Waals surface area contributed by atoms with Crippen LogP contribution in [0, 0.1) is 3.70 Å². The van der Waals surface area contributed by atoms with E-state index in [2.05, 4.69) is 4.98 Å². The lowest BCUT2D eigenvalue weighted by molar-refractivity contribution is 0.0683. The van der Waals surface area contributed by atoms with Crippen molar-refractivity contribution in [3.63, 3.8) is 0 Å². The van der Waals surface area contributed by atoms with Gasteiger partial charge in [-0.15, -0.1) is 0 Å². The van der Waals surface area contributed by atoms with E-state index in [1.54, 1.807) is 22.6 Å². The second kappa shape index (κ2) is 4.69. The molecule has 0 fully saturated rings. The molecule has 0 atom stereocenters. The molecule has 0 spiro atoms. The molecular weight excluding hydrogens is 323 g/mol. The van der Waals surface area contributed by atoms with E-state index in [0.29, 0.717) is 0 Å². The van der Waals surface area contributed by atoms with Gasteiger partial charge in [0.1, 0.15) is 3.70 Å². The van der Waals surface area contributed by atoms with Crippen LogP contribution in [0.1, 0.15) is 22.3 Å². The average Bonchev–Trinajstić information content (AvgIpc) is 2.15. The van der Waals surface area contributed by atoms with Crippen LogP contribution in [0.15, 0.2) is 6.07 Å². The van der Waals surface area contributed by atoms with Crippen molar-refractivity contribution in [3.05, 3.63) is 20.9 Å². The first-order valence-electron chi connectivity index (χ1n) is 3.73. The first-order chi connectivity index (χ1) is 6.97. The Morgan fingerprint density at radius 1 is 1.67 bits per heavy atom. The molecule has 0 saturated carbocycles. The molecule has 82 valence electrons. The van der Waals surface area contributed by atoms with Crippen molar-refractivity contribution in [2.45, 2.75) is 6.43 Å². The lowest BCUT2D eigenvalue weighted by Gasteiger charge is -2.08. The minimum Gasteiger partial charge on any atom is -0.481 e. The maximum absolute atomic E-state index is 12.5. The number of carbonyl (C=O) groups is 1. The molecule has 15 heavy (non-hydrogen) atoms. The number of alkyl halides is 2. The smallest absolute Gasteiger partial charge is 0.336 e. The third-order valence-electron chi connectivity index (χ3n) is 1.65. The number of rotatable bonds is 3. The number of halogens is 3. The van der Waals surface area contributed by atoms with Gasteiger partial charge in [0.15, 0.2) is 0 Å². The molecule has 0 radical (unpaired) electrons. The molecule has 0 bridgehead atoms. The van der Waals surface area contributed by atoms with Gasteiger partial charge in [-0.3, -0.25) is 0 Å². The predicted octanol–water partition coefficient (Wildman–Crippen LogP) is 2.33. The van der Waals surface area contributed by atoms with Crippen LogP contribution >= 0.6 is 22.6 Å². The van der Waals surface area contributed by atoms with E-state index < -0.39 is 23.5 Å². The second-order valence-corrected chi connectivity index (χ2v) is 3.54. The van der Waals surface area contributed by atoms with Gasteiger partial charge in [0.05, 0.1) is 18.2 Å². The maximum Gasteiger partial charge on any atom is 0.336 e. The lowest BCUT2D eigenvalue weighted by atomic mass is 10.1. The SMILES string of the molecule is COc1cc(C(=O)O)c(C(F)F)c(I)n1. The van der Waals surface area contributed by atoms with Gasteiger partial charge in [-0.2, -0.15) is 0 Å². The minimum absolute atomic E-state index is 0.00111. The Morgan fingerprint density at radius 2 is 2.27 bits per heavy atom. The van der Waals surface area contributed by atoms with E-state index >= 15 is 0 Å². The standard InChI is InChI=1S/C8H6F2INO3/c1-15-4-2-3(8(13)14)5(6(9)10)7(11)12-4/h2,6H,1H3,(H,13,14). The summed E-state index contributed by atoms with van der Waals surface area (Å²) < 4.78 is 29.7. The summed E-state index contributed by atoms with van der Waals surface area (Å²) in [7, 11) is 1.28. The van der Waals surface area contributed by atoms with Crippen LogP contribution in [0.4, 0.5) is 8.78 Å². The normalized spacial score (nSPS) is 10.5. The summed E-state index contributed by atoms with van der Waals surface area (Å²) in [6, 6.07) is 0.978. The Labute approximate surface area is 97.4 Å². The molecule has 1 rings (SSSR count). The largest absolute Gasteiger partial charge is 0.481 e. The fraction of sp³-hybridized carbons (Fsp3) is 0.250. The Kier molecular flexibility index (Phi) is 3.77. The quantitative estimate of drug-likeness (QED) is 0.683. The van der Waals surface area contributed by atoms with Crippen LogP contribution in [0.2, 0.25) is 0 Å². The number of hydrogen-bond donors (Lipinski definition) is 1. The summed E-state index contributed by atoms with van der Waals surface area (Å²) in [5.74, 6) is -1.43. The van der Waals surface area contributed by atoms with E-state index in [1.165, 1.54) is 7.11 Å². The minimum atomic E-state index is -2.87. The highest BCUT2D eigenvalue weighted by Crippen LogP contribution is 2.29. The Balaban J connectivity index is 3.42. The Hall–Kier alpha value is -0.990. The first kappa shape index (κ1) is 12.1. The fourth-order valence-electron chi connectivity index (χ4n) is 0.991. The molecule has 1 heterocycles. The van der Waals surface area contributed by atoms with E-state index in [9.17, 15) is 13.6 Å². The molecule has 4 nitrogen and oxygen atoms in total. The number of aromatic nitrogens is 1. The highest BCUT2D eigenvalue weighted by molar-refractivity contribution is 14.1. The number of hydrogen-bond acceptors (Lipinski definition) is 3. The van der Waals surface area contributed by atoms with Gasteiger partial charge in [0.25, 0.3) is 6.43 Å². The van der Waals surface area contributed by atoms with Crippen molar-refractivity contribution in [3.8, 4) is 5.88 Å². The van der Waals surface area contributed by atoms with Gasteiger partial charge in [-0.1, -0.05) is 0 Å². The number of nitrogens with zero attached hydrogens (tertiary/aromatic N) is 1. The highest BCUT2D eigenvalue weighted by atomic mass is 127. The second-order valence-electron chi connectivity index (χ2n) is 2.52. The van der Waals surface area contributed by atoms with Crippen molar-refractivity contribution in [2.24, 2.45) is 0 Å². The van der Waals surface area contributed by atoms with E-state index in [4.69, 9.17) is 9.84 Å². The molecule has 0 saturated heterocycles. The number of pyridine rings is 1. The molecule has 1 aromatic heterocycles. The number of carboxylic acids is 1. The summed E-state index contributed by atoms with van der Waals surface area (Å²) in [5, 5.41) is 8.74. The Bertz CT molecular complexity index is 398. The van der Waals surface area contributed by atoms with Crippen LogP contribution in [0.25, 0.3) is 0 Å². The summed E-state index contributed by atoms with van der Waals surface area (Å²) in [6.45, 7) is 0. The fourth-order valence-corrected chi connectivity index (χ4v) is 1.75. The van der Waals surface area contributed by atoms with Gasteiger partial charge >= 0.3 is 5.97 Å². The molecule has 1 aromatic rings. The van der Waals surface area contributed by atoms with Gasteiger partial charge in [-0.25, -0.2) is 18.6 Å². The van der Waals surface area contributed by atoms with Gasteiger partial charge in [0.2, 0.25) is 5.88 Å². The summed E-state index contributed by atoms with van der Waals surface area (Å²) in [4.78, 5) is 14.4. The van der Waals surface area contributed by atoms with E-state index in [-0.39, 0.29) is 9.58 Å². The molecule has 0 aliphatic rings. The van der Waals surface area contributed by atoms with Crippen LogP contribution in [-0.2, 0) is 0 Å². The molecule has 1 N–H and O–H groups in total. The molecule has 0 amide bonds. The molecule has 0 unspecified atom stereocenters. The third kappa shape index (κ3) is 2.52. The number of methoxy groups -OCH3 is 1. The zero-order valence-electron chi connectivity index (χ0n) is 7.50. The van der Waals surface area contributed by atoms with Crippen molar-refractivity contribution >= 4 is 28.6 Å². The summed E-state index contributed by atoms with van der Waals surface area (Å²) >= 11 is 1.55. The topological polar surface area (TPSA) is 59.4 Å². The van der Waals surface area contributed by atoms with Crippen LogP contribution < -0.4 is 4.74 Å². The first-order valence-corrected chi connectivity index (χ1v) is 4.81. The van der Waals surface area contributed by atoms with Crippen molar-refractivity contribution in [1.82, 2.24) is 4.98 Å². The monoisotopic (exact) mass is 329 g/mol. The number of carboxylic acid groups (broad SMARTS) is 1. The average molecular weight is 329 g/mol. The third-order valence-corrected chi connectivity index (χ3v) is 2.47. The van der Waals surface area contributed by atoms with Gasteiger partial charge in [-0.05, 0) is 22.6 Å². The molecular formula is C8H6F2INO3. The maximum atomic E-state index is 12.5. The Morgan fingerprint density at radius 3 is 2.67 bits per heavy atom. The van der Waals surface area contributed by atoms with Crippen molar-refractivity contribution < 1.29 is 23.4 Å². The van der Waals surface area contributed by atoms with Crippen LogP contribution in [0.5, 0.6) is 5.88 Å². The van der Waals surface area contributed by atoms with Gasteiger partial charge in [0, 0.05) is 6.07 Å². The van der Waals surface area contributed by atoms with Crippen LogP contribution in [0.3, 0.4) is 0 Å². The molecule has 7 heteroatoms. The van der Waals surface area contributed by atoms with Crippen LogP contribution in [-0.4, -0.2) is 23.2 Å². The van der Waals surface area contributed by atoms with E-state index in [0.717, 1.165) is 6.07 Å². The van der Waals surface area contributed by atoms with Crippen molar-refractivity contribution in [2.75, 3.05) is 7.11 Å². The zero-order chi connectivity index (χ0) is 11.6. The molecule has 0 aliphatic carbocycles. The van der Waals surface area contributed by atoms with E-state index in [1.807, 2.05) is 0 Å². The predicted molar refractivity (Wildman–Crippen MR) is 55.4 cm³/mol.